The van der Waals surface area contributed by atoms with Crippen LogP contribution < -0.4 is 10.0 Å². The highest BCUT2D eigenvalue weighted by Gasteiger charge is 2.30. The summed E-state index contributed by atoms with van der Waals surface area (Å²) in [5.41, 5.74) is 0.699. The summed E-state index contributed by atoms with van der Waals surface area (Å²) in [5.74, 6) is -1.08. The van der Waals surface area contributed by atoms with Gasteiger partial charge < -0.3 is 10.1 Å². The van der Waals surface area contributed by atoms with Crippen LogP contribution in [0.4, 0.5) is 5.69 Å². The molecule has 0 saturated heterocycles. The predicted molar refractivity (Wildman–Crippen MR) is 110 cm³/mol. The van der Waals surface area contributed by atoms with Crippen LogP contribution in [0.2, 0.25) is 10.0 Å². The second-order valence-corrected chi connectivity index (χ2v) is 8.91. The average molecular weight is 457 g/mol. The highest BCUT2D eigenvalue weighted by molar-refractivity contribution is 7.89. The lowest BCUT2D eigenvalue weighted by atomic mass is 10.2. The van der Waals surface area contributed by atoms with E-state index < -0.39 is 21.9 Å². The minimum Gasteiger partial charge on any atom is -0.462 e. The van der Waals surface area contributed by atoms with Gasteiger partial charge in [0.2, 0.25) is 10.0 Å². The molecule has 1 fully saturated rings. The molecule has 3 rings (SSSR count). The molecule has 0 bridgehead atoms. The molecule has 0 heterocycles. The number of anilines is 1. The highest BCUT2D eigenvalue weighted by atomic mass is 35.5. The molecule has 2 N–H and O–H groups in total. The Bertz CT molecular complexity index is 1050. The molecule has 2 aromatic carbocycles. The molecule has 0 aliphatic heterocycles. The van der Waals surface area contributed by atoms with Crippen molar-refractivity contribution in [3.8, 4) is 0 Å². The van der Waals surface area contributed by atoms with Crippen LogP contribution in [-0.2, 0) is 14.8 Å². The van der Waals surface area contributed by atoms with Gasteiger partial charge in [0, 0.05) is 11.7 Å². The number of hydrogen-bond donors (Lipinski definition) is 2. The fourth-order valence-corrected chi connectivity index (χ4v) is 4.66. The summed E-state index contributed by atoms with van der Waals surface area (Å²) < 4.78 is 32.4. The SMILES string of the molecule is CCOC(=O)c1ccc(NC(=O)c2cc(S(=O)(=O)NC3CC3)c(Cl)cc2Cl)cc1. The van der Waals surface area contributed by atoms with Crippen LogP contribution in [0.15, 0.2) is 41.3 Å². The third-order valence-electron chi connectivity index (χ3n) is 4.11. The molecule has 10 heteroatoms. The van der Waals surface area contributed by atoms with Crippen LogP contribution >= 0.6 is 23.2 Å². The fourth-order valence-electron chi connectivity index (χ4n) is 2.50. The summed E-state index contributed by atoms with van der Waals surface area (Å²) in [6, 6.07) is 8.34. The van der Waals surface area contributed by atoms with E-state index in [1.54, 1.807) is 6.92 Å². The van der Waals surface area contributed by atoms with Gasteiger partial charge in [0.1, 0.15) is 4.90 Å². The lowest BCUT2D eigenvalue weighted by Gasteiger charge is -2.12. The van der Waals surface area contributed by atoms with Crippen molar-refractivity contribution < 1.29 is 22.7 Å². The lowest BCUT2D eigenvalue weighted by molar-refractivity contribution is 0.0526. The second kappa shape index (κ2) is 8.71. The van der Waals surface area contributed by atoms with Crippen LogP contribution in [0.3, 0.4) is 0 Å². The molecule has 2 aromatic rings. The van der Waals surface area contributed by atoms with Gasteiger partial charge in [-0.1, -0.05) is 23.2 Å². The molecular weight excluding hydrogens is 439 g/mol. The molecule has 1 amide bonds. The molecular formula is C19H18Cl2N2O5S. The van der Waals surface area contributed by atoms with E-state index in [0.29, 0.717) is 11.3 Å². The first-order valence-corrected chi connectivity index (χ1v) is 11.0. The molecule has 0 aromatic heterocycles. The topological polar surface area (TPSA) is 102 Å². The summed E-state index contributed by atoms with van der Waals surface area (Å²) in [7, 11) is -3.87. The summed E-state index contributed by atoms with van der Waals surface area (Å²) in [6.45, 7) is 1.96. The van der Waals surface area contributed by atoms with E-state index in [4.69, 9.17) is 27.9 Å². The van der Waals surface area contributed by atoms with Crippen LogP contribution in [0.25, 0.3) is 0 Å². The standard InChI is InChI=1S/C19H18Cl2N2O5S/c1-2-28-19(25)11-3-5-12(6-4-11)22-18(24)14-9-17(16(21)10-15(14)20)29(26,27)23-13-7-8-13/h3-6,9-10,13,23H,2,7-8H2,1H3,(H,22,24). The molecule has 0 atom stereocenters. The number of carbonyl (C=O) groups is 2. The largest absolute Gasteiger partial charge is 0.462 e. The Morgan fingerprint density at radius 3 is 2.34 bits per heavy atom. The summed E-state index contributed by atoms with van der Waals surface area (Å²) in [5, 5.41) is 2.56. The Balaban J connectivity index is 1.81. The number of sulfonamides is 1. The third-order valence-corrected chi connectivity index (χ3v) is 6.41. The smallest absolute Gasteiger partial charge is 0.338 e. The predicted octanol–water partition coefficient (Wildman–Crippen LogP) is 3.86. The van der Waals surface area contributed by atoms with Crippen LogP contribution in [0, 0.1) is 0 Å². The highest BCUT2D eigenvalue weighted by Crippen LogP contribution is 2.31. The van der Waals surface area contributed by atoms with Crippen LogP contribution in [0.5, 0.6) is 0 Å². The number of carbonyl (C=O) groups excluding carboxylic acids is 2. The van der Waals surface area contributed by atoms with Gasteiger partial charge >= 0.3 is 5.97 Å². The van der Waals surface area contributed by atoms with E-state index in [2.05, 4.69) is 10.0 Å². The lowest BCUT2D eigenvalue weighted by Crippen LogP contribution is -2.26. The number of rotatable bonds is 7. The van der Waals surface area contributed by atoms with Crippen molar-refractivity contribution in [2.75, 3.05) is 11.9 Å². The maximum atomic E-state index is 12.6. The monoisotopic (exact) mass is 456 g/mol. The normalized spacial score (nSPS) is 13.8. The maximum absolute atomic E-state index is 12.6. The Hall–Kier alpha value is -2.13. The van der Waals surface area contributed by atoms with E-state index in [0.717, 1.165) is 18.9 Å². The quantitative estimate of drug-likeness (QED) is 0.615. The van der Waals surface area contributed by atoms with E-state index in [-0.39, 0.29) is 33.2 Å². The van der Waals surface area contributed by atoms with Gasteiger partial charge in [0.25, 0.3) is 5.91 Å². The third kappa shape index (κ3) is 5.27. The minimum absolute atomic E-state index is 0.0148. The first kappa shape index (κ1) is 21.6. The molecule has 1 aliphatic carbocycles. The molecule has 7 nitrogen and oxygen atoms in total. The maximum Gasteiger partial charge on any atom is 0.338 e. The van der Waals surface area contributed by atoms with E-state index in [1.165, 1.54) is 30.3 Å². The van der Waals surface area contributed by atoms with Gasteiger partial charge in [-0.25, -0.2) is 17.9 Å². The zero-order valence-corrected chi connectivity index (χ0v) is 17.7. The number of hydrogen-bond acceptors (Lipinski definition) is 5. The number of halogens is 2. The number of nitrogens with one attached hydrogen (secondary N) is 2. The van der Waals surface area contributed by atoms with Crippen molar-refractivity contribution in [1.82, 2.24) is 4.72 Å². The fraction of sp³-hybridized carbons (Fsp3) is 0.263. The van der Waals surface area contributed by atoms with E-state index >= 15 is 0 Å². The molecule has 1 aliphatic rings. The summed E-state index contributed by atoms with van der Waals surface area (Å²) in [4.78, 5) is 24.1. The molecule has 0 radical (unpaired) electrons. The Labute approximate surface area is 178 Å². The molecule has 0 spiro atoms. The van der Waals surface area contributed by atoms with Crippen molar-refractivity contribution in [2.24, 2.45) is 0 Å². The average Bonchev–Trinajstić information content (AvgIpc) is 3.45. The van der Waals surface area contributed by atoms with E-state index in [1.807, 2.05) is 0 Å². The Morgan fingerprint density at radius 1 is 1.10 bits per heavy atom. The molecule has 0 unspecified atom stereocenters. The van der Waals surface area contributed by atoms with Gasteiger partial charge in [-0.05, 0) is 56.2 Å². The minimum atomic E-state index is -3.87. The first-order valence-electron chi connectivity index (χ1n) is 8.81. The summed E-state index contributed by atoms with van der Waals surface area (Å²) in [6.07, 6.45) is 1.53. The number of benzene rings is 2. The summed E-state index contributed by atoms with van der Waals surface area (Å²) >= 11 is 12.2. The Morgan fingerprint density at radius 2 is 1.76 bits per heavy atom. The van der Waals surface area contributed by atoms with Gasteiger partial charge in [0.05, 0.1) is 27.8 Å². The zero-order valence-electron chi connectivity index (χ0n) is 15.4. The van der Waals surface area contributed by atoms with Gasteiger partial charge in [-0.2, -0.15) is 0 Å². The van der Waals surface area contributed by atoms with Gasteiger partial charge in [0.15, 0.2) is 0 Å². The Kier molecular flexibility index (Phi) is 6.48. The van der Waals surface area contributed by atoms with Crippen LogP contribution in [-0.4, -0.2) is 32.9 Å². The number of amides is 1. The van der Waals surface area contributed by atoms with Crippen LogP contribution in [0.1, 0.15) is 40.5 Å². The van der Waals surface area contributed by atoms with Crippen molar-refractivity contribution in [3.05, 3.63) is 57.6 Å². The zero-order chi connectivity index (χ0) is 21.2. The van der Waals surface area contributed by atoms with Crippen molar-refractivity contribution in [3.63, 3.8) is 0 Å². The molecule has 29 heavy (non-hydrogen) atoms. The molecule has 154 valence electrons. The number of esters is 1. The molecule has 1 saturated carbocycles. The first-order chi connectivity index (χ1) is 13.7. The van der Waals surface area contributed by atoms with Crippen molar-refractivity contribution in [1.29, 1.82) is 0 Å². The van der Waals surface area contributed by atoms with Gasteiger partial charge in [-0.15, -0.1) is 0 Å². The van der Waals surface area contributed by atoms with E-state index in [9.17, 15) is 18.0 Å². The van der Waals surface area contributed by atoms with Crippen molar-refractivity contribution >= 4 is 50.8 Å². The second-order valence-electron chi connectivity index (χ2n) is 6.41. The van der Waals surface area contributed by atoms with Gasteiger partial charge in [-0.3, -0.25) is 4.79 Å². The number of ether oxygens (including phenoxy) is 1. The van der Waals surface area contributed by atoms with Crippen molar-refractivity contribution in [2.45, 2.75) is 30.7 Å².